The molecule has 0 radical (unpaired) electrons. The maximum Gasteiger partial charge on any atom is 0.394 e. The minimum Gasteiger partial charge on any atom is -0.201 e. The van der Waals surface area contributed by atoms with Gasteiger partial charge in [-0.15, -0.1) is 0 Å². The molecule has 0 N–H and O–H groups in total. The summed E-state index contributed by atoms with van der Waals surface area (Å²) in [6.07, 6.45) is -6.05. The van der Waals surface area contributed by atoms with Gasteiger partial charge in [-0.3, -0.25) is 0 Å². The first-order chi connectivity index (χ1) is 17.1. The first kappa shape index (κ1) is 13.6. The highest BCUT2D eigenvalue weighted by atomic mass is 19.4. The van der Waals surface area contributed by atoms with Crippen molar-refractivity contribution < 1.29 is 28.7 Å². The fraction of sp³-hybridized carbons (Fsp3) is 0.346. The minimum atomic E-state index is -4.79. The van der Waals surface area contributed by atoms with Crippen LogP contribution in [-0.2, 0) is 13.4 Å². The molecule has 2 aromatic carbocycles. The van der Waals surface area contributed by atoms with Crippen LogP contribution < -0.4 is 4.57 Å². The molecule has 0 saturated carbocycles. The van der Waals surface area contributed by atoms with Gasteiger partial charge >= 0.3 is 6.18 Å². The van der Waals surface area contributed by atoms with Crippen LogP contribution in [0, 0.1) is 26.0 Å². The summed E-state index contributed by atoms with van der Waals surface area (Å²) in [6, 6.07) is 11.6. The number of hydrogen-bond acceptors (Lipinski definition) is 0. The van der Waals surface area contributed by atoms with Crippen LogP contribution in [0.15, 0.2) is 54.7 Å². The molecule has 4 heteroatoms. The summed E-state index contributed by atoms with van der Waals surface area (Å²) in [5.41, 5.74) is -0.0534. The van der Waals surface area contributed by atoms with Crippen LogP contribution in [-0.4, -0.2) is 6.18 Å². The third-order valence-corrected chi connectivity index (χ3v) is 5.14. The third kappa shape index (κ3) is 4.43. The molecular weight excluding hydrogens is 383 g/mol. The van der Waals surface area contributed by atoms with Crippen LogP contribution >= 0.6 is 0 Å². The Hall–Kier alpha value is -2.62. The molecule has 0 aliphatic rings. The van der Waals surface area contributed by atoms with Crippen molar-refractivity contribution in [2.75, 3.05) is 0 Å². The SMILES string of the molecule is [2H]C([2H])([2H])c1ccc(-c2cc(-c3ccc(C([2H])([2H])C(C)(C)C(F)(F)F)cc3)c(C([2H])([2H])[2H])cc2C)[n+](C)c1. The van der Waals surface area contributed by atoms with E-state index in [1.807, 2.05) is 0 Å². The van der Waals surface area contributed by atoms with Crippen molar-refractivity contribution in [2.24, 2.45) is 12.5 Å². The Morgan fingerprint density at radius 3 is 2.20 bits per heavy atom. The smallest absolute Gasteiger partial charge is 0.201 e. The molecule has 0 unspecified atom stereocenters. The maximum absolute atomic E-state index is 13.6. The first-order valence-corrected chi connectivity index (χ1v) is 9.42. The third-order valence-electron chi connectivity index (χ3n) is 5.14. The standard InChI is InChI=1S/C26H29F3N/c1-17-7-12-24(30(6)16-17)23-14-22(18(2)13-19(23)3)21-10-8-20(9-11-21)15-25(4,5)26(27,28)29/h7-14,16H,15H2,1-6H3/q+1/i1D3,2D3,15D2. The molecule has 30 heavy (non-hydrogen) atoms. The van der Waals surface area contributed by atoms with Gasteiger partial charge in [0.05, 0.1) is 5.41 Å². The molecule has 0 atom stereocenters. The van der Waals surface area contributed by atoms with Crippen molar-refractivity contribution in [3.63, 3.8) is 0 Å². The van der Waals surface area contributed by atoms with Gasteiger partial charge < -0.3 is 0 Å². The lowest BCUT2D eigenvalue weighted by Crippen LogP contribution is -2.34. The highest BCUT2D eigenvalue weighted by Gasteiger charge is 2.46. The van der Waals surface area contributed by atoms with Gasteiger partial charge in [-0.25, -0.2) is 4.57 Å². The quantitative estimate of drug-likeness (QED) is 0.404. The molecule has 1 heterocycles. The molecular formula is C26H29F3N+. The van der Waals surface area contributed by atoms with Crippen LogP contribution in [0.3, 0.4) is 0 Å². The fourth-order valence-corrected chi connectivity index (χ4v) is 3.27. The minimum absolute atomic E-state index is 0.0342. The van der Waals surface area contributed by atoms with Gasteiger partial charge in [0, 0.05) is 28.2 Å². The summed E-state index contributed by atoms with van der Waals surface area (Å²) in [5, 5.41) is 0. The zero-order valence-corrected chi connectivity index (χ0v) is 17.3. The molecule has 0 fully saturated rings. The Balaban J connectivity index is 2.18. The van der Waals surface area contributed by atoms with E-state index in [9.17, 15) is 13.2 Å². The average Bonchev–Trinajstić information content (AvgIpc) is 2.77. The lowest BCUT2D eigenvalue weighted by Gasteiger charge is -2.27. The van der Waals surface area contributed by atoms with E-state index in [1.54, 1.807) is 30.7 Å². The Morgan fingerprint density at radius 1 is 0.933 bits per heavy atom. The predicted molar refractivity (Wildman–Crippen MR) is 116 cm³/mol. The molecule has 0 amide bonds. The van der Waals surface area contributed by atoms with Crippen molar-refractivity contribution >= 4 is 0 Å². The Bertz CT molecular complexity index is 1340. The van der Waals surface area contributed by atoms with Crippen LogP contribution in [0.25, 0.3) is 22.4 Å². The number of nitrogens with zero attached hydrogens (tertiary/aromatic N) is 1. The zero-order valence-electron chi connectivity index (χ0n) is 25.3. The first-order valence-electron chi connectivity index (χ1n) is 13.4. The molecule has 0 spiro atoms. The molecule has 0 aliphatic heterocycles. The van der Waals surface area contributed by atoms with Gasteiger partial charge in [-0.2, -0.15) is 13.2 Å². The summed E-state index contributed by atoms with van der Waals surface area (Å²) in [5.74, 6) is 0. The zero-order chi connectivity index (χ0) is 29.1. The van der Waals surface area contributed by atoms with E-state index < -0.39 is 31.7 Å². The van der Waals surface area contributed by atoms with Crippen molar-refractivity contribution in [3.8, 4) is 22.4 Å². The van der Waals surface area contributed by atoms with E-state index in [4.69, 9.17) is 11.0 Å². The van der Waals surface area contributed by atoms with Gasteiger partial charge in [0.1, 0.15) is 7.05 Å². The predicted octanol–water partition coefficient (Wildman–Crippen LogP) is 6.90. The highest BCUT2D eigenvalue weighted by molar-refractivity contribution is 5.75. The van der Waals surface area contributed by atoms with Crippen LogP contribution in [0.5, 0.6) is 0 Å². The topological polar surface area (TPSA) is 3.88 Å². The number of aryl methyl sites for hydroxylation is 4. The number of aromatic nitrogens is 1. The van der Waals surface area contributed by atoms with E-state index in [0.29, 0.717) is 27.9 Å². The van der Waals surface area contributed by atoms with Gasteiger partial charge in [0.15, 0.2) is 6.20 Å². The van der Waals surface area contributed by atoms with E-state index in [-0.39, 0.29) is 16.7 Å². The number of benzene rings is 2. The monoisotopic (exact) mass is 420 g/mol. The molecule has 158 valence electrons. The largest absolute Gasteiger partial charge is 0.394 e. The number of alkyl halides is 3. The summed E-state index contributed by atoms with van der Waals surface area (Å²) in [4.78, 5) is 0. The second-order valence-electron chi connectivity index (χ2n) is 7.95. The molecule has 0 saturated heterocycles. The summed E-state index contributed by atoms with van der Waals surface area (Å²) >= 11 is 0. The van der Waals surface area contributed by atoms with E-state index >= 15 is 0 Å². The van der Waals surface area contributed by atoms with Gasteiger partial charge in [0.2, 0.25) is 5.69 Å². The molecule has 1 nitrogen and oxygen atoms in total. The van der Waals surface area contributed by atoms with E-state index in [2.05, 4.69) is 0 Å². The number of rotatable bonds is 4. The molecule has 0 bridgehead atoms. The number of hydrogen-bond donors (Lipinski definition) is 0. The Labute approximate surface area is 188 Å². The molecule has 3 aromatic rings. The van der Waals surface area contributed by atoms with Crippen LogP contribution in [0.1, 0.15) is 47.1 Å². The normalized spacial score (nSPS) is 17.6. The van der Waals surface area contributed by atoms with Gasteiger partial charge in [0.25, 0.3) is 0 Å². The van der Waals surface area contributed by atoms with Gasteiger partial charge in [-0.1, -0.05) is 44.2 Å². The second-order valence-corrected chi connectivity index (χ2v) is 7.95. The van der Waals surface area contributed by atoms with Gasteiger partial charge in [-0.05, 0) is 67.0 Å². The van der Waals surface area contributed by atoms with Crippen LogP contribution in [0.2, 0.25) is 0 Å². The van der Waals surface area contributed by atoms with E-state index in [0.717, 1.165) is 13.8 Å². The Kier molecular flexibility index (Phi) is 3.59. The average molecular weight is 421 g/mol. The molecule has 0 aliphatic carbocycles. The second kappa shape index (κ2) is 7.90. The molecule has 1 aromatic heterocycles. The lowest BCUT2D eigenvalue weighted by molar-refractivity contribution is -0.660. The summed E-state index contributed by atoms with van der Waals surface area (Å²) < 4.78 is 106. The van der Waals surface area contributed by atoms with Crippen molar-refractivity contribution in [3.05, 3.63) is 77.0 Å². The van der Waals surface area contributed by atoms with E-state index in [1.165, 1.54) is 42.6 Å². The van der Waals surface area contributed by atoms with Crippen molar-refractivity contribution in [1.29, 1.82) is 0 Å². The maximum atomic E-state index is 13.6. The number of halogens is 3. The fourth-order valence-electron chi connectivity index (χ4n) is 3.27. The van der Waals surface area contributed by atoms with Crippen molar-refractivity contribution in [1.82, 2.24) is 0 Å². The summed E-state index contributed by atoms with van der Waals surface area (Å²) in [6.45, 7) is -1.45. The summed E-state index contributed by atoms with van der Waals surface area (Å²) in [7, 11) is 1.68. The molecule has 3 rings (SSSR count). The lowest BCUT2D eigenvalue weighted by atomic mass is 9.84. The number of pyridine rings is 1. The Morgan fingerprint density at radius 2 is 1.63 bits per heavy atom. The van der Waals surface area contributed by atoms with Crippen LogP contribution in [0.4, 0.5) is 13.2 Å². The highest BCUT2D eigenvalue weighted by Crippen LogP contribution is 2.40. The van der Waals surface area contributed by atoms with Crippen molar-refractivity contribution in [2.45, 2.75) is 47.0 Å².